The molecule has 1 aliphatic heterocycles. The van der Waals surface area contributed by atoms with Crippen molar-refractivity contribution in [1.29, 1.82) is 0 Å². The van der Waals surface area contributed by atoms with E-state index in [1.807, 2.05) is 61.5 Å². The summed E-state index contributed by atoms with van der Waals surface area (Å²) in [4.78, 5) is 32.5. The van der Waals surface area contributed by atoms with Crippen LogP contribution in [0.25, 0.3) is 6.08 Å². The van der Waals surface area contributed by atoms with E-state index in [1.54, 1.807) is 37.7 Å². The number of allylic oxidation sites excluding steroid dienone is 1. The van der Waals surface area contributed by atoms with Crippen LogP contribution < -0.4 is 29.1 Å². The van der Waals surface area contributed by atoms with Crippen molar-refractivity contribution in [2.75, 3.05) is 20.3 Å². The highest BCUT2D eigenvalue weighted by molar-refractivity contribution is 14.1. The van der Waals surface area contributed by atoms with Gasteiger partial charge in [0.1, 0.15) is 12.4 Å². The van der Waals surface area contributed by atoms with Crippen molar-refractivity contribution >= 4 is 57.6 Å². The Morgan fingerprint density at radius 2 is 1.86 bits per heavy atom. The largest absolute Gasteiger partial charge is 0.494 e. The zero-order chi connectivity index (χ0) is 31.4. The summed E-state index contributed by atoms with van der Waals surface area (Å²) >= 11 is 9.62. The minimum Gasteiger partial charge on any atom is -0.494 e. The third-order valence-electron chi connectivity index (χ3n) is 6.85. The molecule has 44 heavy (non-hydrogen) atoms. The molecule has 5 rings (SSSR count). The van der Waals surface area contributed by atoms with Crippen LogP contribution >= 0.6 is 45.5 Å². The van der Waals surface area contributed by atoms with Gasteiger partial charge >= 0.3 is 5.97 Å². The molecule has 0 saturated heterocycles. The van der Waals surface area contributed by atoms with Crippen molar-refractivity contribution in [2.24, 2.45) is 4.99 Å². The van der Waals surface area contributed by atoms with E-state index in [-0.39, 0.29) is 18.8 Å². The number of carbonyl (C=O) groups excluding carboxylic acids is 1. The maximum Gasteiger partial charge on any atom is 0.338 e. The summed E-state index contributed by atoms with van der Waals surface area (Å²) in [5.74, 6) is 1.21. The molecule has 11 heteroatoms. The van der Waals surface area contributed by atoms with Crippen molar-refractivity contribution < 1.29 is 23.7 Å². The number of ether oxygens (including phenoxy) is 4. The first-order valence-corrected chi connectivity index (χ1v) is 16.2. The molecule has 1 aliphatic rings. The predicted octanol–water partition coefficient (Wildman–Crippen LogP) is 6.04. The number of hydrogen-bond donors (Lipinski definition) is 0. The molecule has 4 aromatic rings. The van der Waals surface area contributed by atoms with E-state index in [1.165, 1.54) is 11.3 Å². The van der Waals surface area contributed by atoms with Gasteiger partial charge in [-0.3, -0.25) is 9.36 Å². The monoisotopic (exact) mass is 744 g/mol. The summed E-state index contributed by atoms with van der Waals surface area (Å²) in [7, 11) is 1.58. The lowest BCUT2D eigenvalue weighted by Gasteiger charge is -2.24. The number of thiazole rings is 1. The fourth-order valence-electron chi connectivity index (χ4n) is 4.95. The first-order chi connectivity index (χ1) is 21.2. The Labute approximate surface area is 277 Å². The first-order valence-electron chi connectivity index (χ1n) is 13.9. The molecule has 0 spiro atoms. The maximum absolute atomic E-state index is 14.2. The molecule has 0 fully saturated rings. The molecule has 0 amide bonds. The number of halogens is 2. The summed E-state index contributed by atoms with van der Waals surface area (Å²) in [6.45, 7) is 6.39. The highest BCUT2D eigenvalue weighted by atomic mass is 127. The van der Waals surface area contributed by atoms with E-state index in [0.29, 0.717) is 55.0 Å². The van der Waals surface area contributed by atoms with Crippen LogP contribution in [0.4, 0.5) is 0 Å². The van der Waals surface area contributed by atoms with Crippen LogP contribution in [0.3, 0.4) is 0 Å². The number of benzene rings is 3. The van der Waals surface area contributed by atoms with Crippen LogP contribution in [-0.2, 0) is 16.1 Å². The van der Waals surface area contributed by atoms with Gasteiger partial charge in [0.2, 0.25) is 0 Å². The number of carbonyl (C=O) groups is 1. The van der Waals surface area contributed by atoms with E-state index in [2.05, 4.69) is 27.6 Å². The molecule has 0 bridgehead atoms. The highest BCUT2D eigenvalue weighted by Gasteiger charge is 2.33. The molecular weight excluding hydrogens is 715 g/mol. The van der Waals surface area contributed by atoms with Gasteiger partial charge in [-0.2, -0.15) is 0 Å². The van der Waals surface area contributed by atoms with Gasteiger partial charge in [0, 0.05) is 14.2 Å². The lowest BCUT2D eigenvalue weighted by Crippen LogP contribution is -2.39. The van der Waals surface area contributed by atoms with Gasteiger partial charge in [0.05, 0.1) is 42.2 Å². The zero-order valence-electron chi connectivity index (χ0n) is 24.6. The molecule has 0 N–H and O–H groups in total. The lowest BCUT2D eigenvalue weighted by molar-refractivity contribution is -0.139. The van der Waals surface area contributed by atoms with Crippen LogP contribution in [0.2, 0.25) is 5.02 Å². The third-order valence-corrected chi connectivity index (χ3v) is 8.69. The average Bonchev–Trinajstić information content (AvgIpc) is 3.30. The van der Waals surface area contributed by atoms with E-state index in [0.717, 1.165) is 14.7 Å². The third kappa shape index (κ3) is 6.72. The number of hydrogen-bond acceptors (Lipinski definition) is 8. The van der Waals surface area contributed by atoms with E-state index in [4.69, 9.17) is 30.5 Å². The molecule has 1 atom stereocenters. The number of nitrogens with zero attached hydrogens (tertiary/aromatic N) is 2. The molecule has 2 heterocycles. The van der Waals surface area contributed by atoms with Gasteiger partial charge < -0.3 is 18.9 Å². The second kappa shape index (κ2) is 14.0. The van der Waals surface area contributed by atoms with Gasteiger partial charge in [0.25, 0.3) is 5.56 Å². The second-order valence-corrected chi connectivity index (χ2v) is 12.4. The number of rotatable bonds is 10. The molecule has 0 aliphatic carbocycles. The van der Waals surface area contributed by atoms with Crippen molar-refractivity contribution in [3.63, 3.8) is 0 Å². The number of aromatic nitrogens is 1. The first kappa shape index (κ1) is 31.8. The summed E-state index contributed by atoms with van der Waals surface area (Å²) in [6, 6.07) is 17.9. The molecule has 1 aromatic heterocycles. The summed E-state index contributed by atoms with van der Waals surface area (Å²) in [5, 5.41) is 0.613. The number of esters is 1. The Morgan fingerprint density at radius 1 is 1.09 bits per heavy atom. The minimum absolute atomic E-state index is 0.197. The molecule has 0 saturated carbocycles. The predicted molar refractivity (Wildman–Crippen MR) is 180 cm³/mol. The Hall–Kier alpha value is -3.61. The Morgan fingerprint density at radius 3 is 2.55 bits per heavy atom. The number of methoxy groups -OCH3 is 1. The quantitative estimate of drug-likeness (QED) is 0.145. The van der Waals surface area contributed by atoms with Crippen molar-refractivity contribution in [3.8, 4) is 17.2 Å². The molecule has 0 radical (unpaired) electrons. The standard InChI is InChI=1S/C33H30ClIN2O6S/c1-5-41-25-12-10-21(11-13-25)29-28(32(39)42-6-2)19(3)36-33-37(29)31(38)27(44-33)16-22-15-24(35)17-26(40-4)30(22)43-18-20-8-7-9-23(34)14-20/h7-17,29H,5-6,18H2,1-4H3/b27-16-/t29-/m1/s1. The molecule has 3 aromatic carbocycles. The van der Waals surface area contributed by atoms with Crippen LogP contribution in [0, 0.1) is 3.57 Å². The van der Waals surface area contributed by atoms with E-state index in [9.17, 15) is 9.59 Å². The van der Waals surface area contributed by atoms with Crippen LogP contribution in [-0.4, -0.2) is 30.9 Å². The van der Waals surface area contributed by atoms with Gasteiger partial charge in [-0.05, 0) is 97.0 Å². The summed E-state index contributed by atoms with van der Waals surface area (Å²) in [6.07, 6.45) is 1.78. The van der Waals surface area contributed by atoms with Gasteiger partial charge in [0.15, 0.2) is 16.3 Å². The van der Waals surface area contributed by atoms with Gasteiger partial charge in [-0.25, -0.2) is 9.79 Å². The van der Waals surface area contributed by atoms with Crippen molar-refractivity contribution in [3.05, 3.63) is 117 Å². The molecule has 8 nitrogen and oxygen atoms in total. The summed E-state index contributed by atoms with van der Waals surface area (Å²) < 4.78 is 25.8. The van der Waals surface area contributed by atoms with Gasteiger partial charge in [-0.1, -0.05) is 47.2 Å². The average molecular weight is 745 g/mol. The van der Waals surface area contributed by atoms with Crippen LogP contribution in [0.1, 0.15) is 43.5 Å². The normalized spacial score (nSPS) is 14.6. The van der Waals surface area contributed by atoms with Crippen LogP contribution in [0.15, 0.2) is 81.7 Å². The summed E-state index contributed by atoms with van der Waals surface area (Å²) in [5.41, 5.74) is 2.81. The number of fused-ring (bicyclic) bond motifs is 1. The Kier molecular flexibility index (Phi) is 10.1. The maximum atomic E-state index is 14.2. The second-order valence-electron chi connectivity index (χ2n) is 9.75. The molecular formula is C33H30ClIN2O6S. The van der Waals surface area contributed by atoms with E-state index >= 15 is 0 Å². The Bertz CT molecular complexity index is 1920. The smallest absolute Gasteiger partial charge is 0.338 e. The fourth-order valence-corrected chi connectivity index (χ4v) is 6.81. The van der Waals surface area contributed by atoms with Crippen molar-refractivity contribution in [2.45, 2.75) is 33.4 Å². The molecule has 0 unspecified atom stereocenters. The molecule has 228 valence electrons. The highest BCUT2D eigenvalue weighted by Crippen LogP contribution is 2.35. The topological polar surface area (TPSA) is 88.4 Å². The van der Waals surface area contributed by atoms with E-state index < -0.39 is 12.0 Å². The van der Waals surface area contributed by atoms with Gasteiger partial charge in [-0.15, -0.1) is 0 Å². The fraction of sp³-hybridized carbons (Fsp3) is 0.242. The SMILES string of the molecule is CCOC(=O)C1=C(C)N=c2s/c(=C\c3cc(I)cc(OC)c3OCc3cccc(Cl)c3)c(=O)n2[C@@H]1c1ccc(OCC)cc1. The zero-order valence-corrected chi connectivity index (χ0v) is 28.3. The Balaban J connectivity index is 1.65. The van der Waals surface area contributed by atoms with Crippen LogP contribution in [0.5, 0.6) is 17.2 Å². The van der Waals surface area contributed by atoms with Crippen molar-refractivity contribution in [1.82, 2.24) is 4.57 Å². The lowest BCUT2D eigenvalue weighted by atomic mass is 9.96. The minimum atomic E-state index is -0.730.